The van der Waals surface area contributed by atoms with Crippen LogP contribution >= 0.6 is 27.7 Å². The zero-order valence-corrected chi connectivity index (χ0v) is 14.3. The molecule has 0 radical (unpaired) electrons. The van der Waals surface area contributed by atoms with E-state index in [0.29, 0.717) is 5.16 Å². The van der Waals surface area contributed by atoms with Gasteiger partial charge in [0.1, 0.15) is 0 Å². The summed E-state index contributed by atoms with van der Waals surface area (Å²) in [4.78, 5) is 26.0. The van der Waals surface area contributed by atoms with Crippen molar-refractivity contribution in [2.75, 3.05) is 11.1 Å². The number of hydrogen-bond acceptors (Lipinski definition) is 4. The van der Waals surface area contributed by atoms with Gasteiger partial charge < -0.3 is 0 Å². The second kappa shape index (κ2) is 10.2. The molecule has 0 fully saturated rings. The molecule has 114 valence electrons. The molecular weight excluding hydrogens is 342 g/mol. The lowest BCUT2D eigenvalue weighted by Gasteiger charge is -2.05. The van der Waals surface area contributed by atoms with E-state index >= 15 is 0 Å². The first kappa shape index (κ1) is 17.5. The van der Waals surface area contributed by atoms with Crippen LogP contribution in [0.1, 0.15) is 44.9 Å². The third-order valence-electron chi connectivity index (χ3n) is 2.96. The van der Waals surface area contributed by atoms with E-state index in [1.165, 1.54) is 55.0 Å². The predicted octanol–water partition coefficient (Wildman–Crippen LogP) is 2.69. The normalized spacial score (nSPS) is 10.9. The molecule has 20 heavy (non-hydrogen) atoms. The number of H-pyrrole nitrogens is 1. The maximum atomic E-state index is 11.2. The minimum atomic E-state index is -0.711. The van der Waals surface area contributed by atoms with Crippen molar-refractivity contribution in [1.82, 2.24) is 14.8 Å². The van der Waals surface area contributed by atoms with Crippen molar-refractivity contribution >= 4 is 27.7 Å². The summed E-state index contributed by atoms with van der Waals surface area (Å²) in [5.74, 6) is 0.924. The second-order valence-corrected chi connectivity index (χ2v) is 6.57. The maximum absolute atomic E-state index is 11.2. The summed E-state index contributed by atoms with van der Waals surface area (Å²) in [5.41, 5.74) is -1.38. The third kappa shape index (κ3) is 6.74. The molecule has 0 saturated heterocycles. The molecule has 1 heterocycles. The van der Waals surface area contributed by atoms with Gasteiger partial charge in [-0.1, -0.05) is 59.8 Å². The first-order valence-corrected chi connectivity index (χ1v) is 9.12. The van der Waals surface area contributed by atoms with Crippen LogP contribution in [0.25, 0.3) is 0 Å². The number of nitrogens with one attached hydrogen (secondary N) is 1. The van der Waals surface area contributed by atoms with E-state index in [1.54, 1.807) is 7.05 Å². The fraction of sp³-hybridized carbons (Fsp3) is 0.769. The summed E-state index contributed by atoms with van der Waals surface area (Å²) in [7, 11) is 1.69. The van der Waals surface area contributed by atoms with E-state index in [4.69, 9.17) is 0 Å². The van der Waals surface area contributed by atoms with E-state index in [0.717, 1.165) is 17.5 Å². The molecule has 0 spiro atoms. The van der Waals surface area contributed by atoms with Crippen LogP contribution in [-0.4, -0.2) is 25.8 Å². The first-order chi connectivity index (χ1) is 9.65. The molecule has 0 aliphatic rings. The predicted molar refractivity (Wildman–Crippen MR) is 86.9 cm³/mol. The molecule has 0 unspecified atom stereocenters. The van der Waals surface area contributed by atoms with Gasteiger partial charge in [0.2, 0.25) is 0 Å². The SMILES string of the molecule is Cn1[nH]c(=O)c(=O)nc1SCCCCCCCCCBr. The third-order valence-corrected chi connectivity index (χ3v) is 4.63. The van der Waals surface area contributed by atoms with E-state index < -0.39 is 11.1 Å². The minimum Gasteiger partial charge on any atom is -0.265 e. The molecule has 5 nitrogen and oxygen atoms in total. The number of nitrogens with zero attached hydrogens (tertiary/aromatic N) is 2. The number of halogens is 1. The summed E-state index contributed by atoms with van der Waals surface area (Å²) in [6, 6.07) is 0. The molecule has 0 bridgehead atoms. The number of unbranched alkanes of at least 4 members (excludes halogenated alkanes) is 6. The zero-order valence-electron chi connectivity index (χ0n) is 11.9. The Hall–Kier alpha value is -0.560. The lowest BCUT2D eigenvalue weighted by molar-refractivity contribution is 0.592. The number of thioether (sulfide) groups is 1. The lowest BCUT2D eigenvalue weighted by Crippen LogP contribution is -2.33. The molecule has 1 N–H and O–H groups in total. The Morgan fingerprint density at radius 2 is 1.70 bits per heavy atom. The monoisotopic (exact) mass is 363 g/mol. The summed E-state index contributed by atoms with van der Waals surface area (Å²) in [6.07, 6.45) is 8.77. The van der Waals surface area contributed by atoms with Gasteiger partial charge in [0.25, 0.3) is 0 Å². The van der Waals surface area contributed by atoms with Gasteiger partial charge in [-0.2, -0.15) is 4.98 Å². The summed E-state index contributed by atoms with van der Waals surface area (Å²) in [5, 5.41) is 4.13. The van der Waals surface area contributed by atoms with Crippen molar-refractivity contribution in [2.45, 2.75) is 50.1 Å². The van der Waals surface area contributed by atoms with Crippen LogP contribution < -0.4 is 11.1 Å². The van der Waals surface area contributed by atoms with Gasteiger partial charge >= 0.3 is 11.1 Å². The van der Waals surface area contributed by atoms with Crippen molar-refractivity contribution in [3.05, 3.63) is 20.7 Å². The Bertz CT molecular complexity index is 501. The van der Waals surface area contributed by atoms with E-state index in [9.17, 15) is 9.59 Å². The van der Waals surface area contributed by atoms with Gasteiger partial charge in [-0.3, -0.25) is 19.4 Å². The Morgan fingerprint density at radius 1 is 1.10 bits per heavy atom. The first-order valence-electron chi connectivity index (χ1n) is 7.01. The fourth-order valence-corrected chi connectivity index (χ4v) is 3.15. The molecule has 0 amide bonds. The van der Waals surface area contributed by atoms with E-state index in [1.807, 2.05) is 0 Å². The summed E-state index contributed by atoms with van der Waals surface area (Å²) in [6.45, 7) is 0. The molecule has 1 aromatic heterocycles. The smallest absolute Gasteiger partial charge is 0.265 e. The topological polar surface area (TPSA) is 67.8 Å². The second-order valence-electron chi connectivity index (χ2n) is 4.71. The van der Waals surface area contributed by atoms with Crippen LogP contribution in [0.15, 0.2) is 14.7 Å². The molecule has 0 aliphatic heterocycles. The quantitative estimate of drug-likeness (QED) is 0.300. The molecule has 7 heteroatoms. The van der Waals surface area contributed by atoms with Crippen LogP contribution in [0.5, 0.6) is 0 Å². The molecular formula is C13H22BrN3O2S. The minimum absolute atomic E-state index is 0.576. The fourth-order valence-electron chi connectivity index (χ4n) is 1.83. The Balaban J connectivity index is 2.14. The number of aromatic amines is 1. The molecule has 0 aliphatic carbocycles. The zero-order chi connectivity index (χ0) is 14.8. The van der Waals surface area contributed by atoms with Crippen molar-refractivity contribution in [3.8, 4) is 0 Å². The largest absolute Gasteiger partial charge is 0.339 e. The molecule has 1 aromatic rings. The van der Waals surface area contributed by atoms with Gasteiger partial charge in [0.05, 0.1) is 0 Å². The number of aromatic nitrogens is 3. The van der Waals surface area contributed by atoms with Crippen LogP contribution in [0.3, 0.4) is 0 Å². The van der Waals surface area contributed by atoms with Gasteiger partial charge in [-0.05, 0) is 12.8 Å². The number of aryl methyl sites for hydroxylation is 1. The Morgan fingerprint density at radius 3 is 2.35 bits per heavy atom. The number of alkyl halides is 1. The average molecular weight is 364 g/mol. The van der Waals surface area contributed by atoms with Crippen LogP contribution in [0.2, 0.25) is 0 Å². The highest BCUT2D eigenvalue weighted by molar-refractivity contribution is 9.09. The van der Waals surface area contributed by atoms with Crippen molar-refractivity contribution in [2.24, 2.45) is 7.05 Å². The molecule has 0 aromatic carbocycles. The lowest BCUT2D eigenvalue weighted by atomic mass is 10.1. The van der Waals surface area contributed by atoms with Crippen molar-refractivity contribution in [3.63, 3.8) is 0 Å². The highest BCUT2D eigenvalue weighted by Crippen LogP contribution is 2.15. The van der Waals surface area contributed by atoms with Crippen molar-refractivity contribution < 1.29 is 0 Å². The molecule has 0 atom stereocenters. The number of rotatable bonds is 10. The van der Waals surface area contributed by atoms with Crippen molar-refractivity contribution in [1.29, 1.82) is 0 Å². The molecule has 0 saturated carbocycles. The van der Waals surface area contributed by atoms with Crippen LogP contribution in [0, 0.1) is 0 Å². The summed E-state index contributed by atoms with van der Waals surface area (Å²) >= 11 is 4.95. The van der Waals surface area contributed by atoms with Gasteiger partial charge in [-0.25, -0.2) is 0 Å². The summed E-state index contributed by atoms with van der Waals surface area (Å²) < 4.78 is 1.51. The van der Waals surface area contributed by atoms with Gasteiger partial charge in [0, 0.05) is 18.1 Å². The van der Waals surface area contributed by atoms with Crippen LogP contribution in [0.4, 0.5) is 0 Å². The number of hydrogen-bond donors (Lipinski definition) is 1. The molecule has 1 rings (SSSR count). The Kier molecular flexibility index (Phi) is 8.93. The highest BCUT2D eigenvalue weighted by atomic mass is 79.9. The maximum Gasteiger partial charge on any atom is 0.339 e. The van der Waals surface area contributed by atoms with E-state index in [2.05, 4.69) is 26.0 Å². The van der Waals surface area contributed by atoms with E-state index in [-0.39, 0.29) is 0 Å². The standard InChI is InChI=1S/C13H22BrN3O2S/c1-17-13(15-11(18)12(19)16-17)20-10-8-6-4-2-3-5-7-9-14/h2-10H2,1H3,(H,16,19). The van der Waals surface area contributed by atoms with Gasteiger partial charge in [-0.15, -0.1) is 0 Å². The van der Waals surface area contributed by atoms with Gasteiger partial charge in [0.15, 0.2) is 5.16 Å². The van der Waals surface area contributed by atoms with Crippen LogP contribution in [-0.2, 0) is 7.05 Å². The highest BCUT2D eigenvalue weighted by Gasteiger charge is 2.03. The average Bonchev–Trinajstić information content (AvgIpc) is 2.42. The Labute approximate surface area is 131 Å².